The number of nitrogens with zero attached hydrogens (tertiary/aromatic N) is 2. The van der Waals surface area contributed by atoms with Gasteiger partial charge >= 0.3 is 6.03 Å². The van der Waals surface area contributed by atoms with Crippen LogP contribution >= 0.6 is 11.3 Å². The first kappa shape index (κ1) is 16.4. The van der Waals surface area contributed by atoms with Crippen LogP contribution in [0, 0.1) is 0 Å². The molecule has 0 aromatic carbocycles. The monoisotopic (exact) mass is 349 g/mol. The van der Waals surface area contributed by atoms with E-state index in [1.807, 2.05) is 4.90 Å². The number of hydrogen-bond donors (Lipinski definition) is 1. The van der Waals surface area contributed by atoms with Gasteiger partial charge in [-0.3, -0.25) is 4.90 Å². The number of rotatable bonds is 2. The highest BCUT2D eigenvalue weighted by Gasteiger charge is 2.38. The number of morpholine rings is 1. The predicted octanol–water partition coefficient (Wildman–Crippen LogP) is 2.85. The molecule has 3 aliphatic rings. The minimum Gasteiger partial charge on any atom is -0.367 e. The fourth-order valence-corrected chi connectivity index (χ4v) is 5.13. The Hall–Kier alpha value is -1.11. The molecular weight excluding hydrogens is 322 g/mol. The molecule has 3 saturated heterocycles. The summed E-state index contributed by atoms with van der Waals surface area (Å²) >= 11 is 1.68. The Kier molecular flexibility index (Phi) is 4.79. The molecule has 5 nitrogen and oxygen atoms in total. The standard InChI is InChI=1S/C18H27N3O2S/c1-13-10-21(11-17(23-13)14-6-9-24-12-14)18(22)19-15-5-8-20-7-3-2-4-16(15)20/h6,9,12-13,15-17H,2-5,7-8,10-11H2,1H3,(H,19,22)/t13-,15-,16-,17+/m1/s1. The molecule has 4 rings (SSSR count). The number of thiophene rings is 1. The van der Waals surface area contributed by atoms with E-state index in [4.69, 9.17) is 4.74 Å². The summed E-state index contributed by atoms with van der Waals surface area (Å²) < 4.78 is 6.04. The summed E-state index contributed by atoms with van der Waals surface area (Å²) in [5, 5.41) is 7.52. The van der Waals surface area contributed by atoms with Gasteiger partial charge in [0.2, 0.25) is 0 Å². The van der Waals surface area contributed by atoms with Crippen molar-refractivity contribution in [2.75, 3.05) is 26.2 Å². The summed E-state index contributed by atoms with van der Waals surface area (Å²) in [4.78, 5) is 17.3. The number of nitrogens with one attached hydrogen (secondary N) is 1. The second-order valence-corrected chi connectivity index (χ2v) is 8.12. The third kappa shape index (κ3) is 3.32. The molecule has 1 aromatic heterocycles. The summed E-state index contributed by atoms with van der Waals surface area (Å²) in [5.41, 5.74) is 1.18. The van der Waals surface area contributed by atoms with Gasteiger partial charge in [-0.2, -0.15) is 11.3 Å². The fourth-order valence-electron chi connectivity index (χ4n) is 4.43. The highest BCUT2D eigenvalue weighted by Crippen LogP contribution is 2.29. The molecule has 4 atom stereocenters. The zero-order valence-electron chi connectivity index (χ0n) is 14.3. The molecule has 2 amide bonds. The van der Waals surface area contributed by atoms with E-state index in [1.54, 1.807) is 11.3 Å². The number of piperidine rings is 1. The molecule has 6 heteroatoms. The van der Waals surface area contributed by atoms with E-state index < -0.39 is 0 Å². The molecule has 132 valence electrons. The average Bonchev–Trinajstić information content (AvgIpc) is 3.25. The molecule has 0 saturated carbocycles. The van der Waals surface area contributed by atoms with Gasteiger partial charge in [-0.25, -0.2) is 4.79 Å². The predicted molar refractivity (Wildman–Crippen MR) is 95.3 cm³/mol. The SMILES string of the molecule is C[C@@H]1CN(C(=O)N[C@@H]2CCN3CCCC[C@H]23)C[C@@H](c2ccsc2)O1. The second kappa shape index (κ2) is 7.02. The van der Waals surface area contributed by atoms with Gasteiger partial charge in [-0.15, -0.1) is 0 Å². The molecule has 0 aliphatic carbocycles. The van der Waals surface area contributed by atoms with Crippen LogP contribution in [0.2, 0.25) is 0 Å². The Morgan fingerprint density at radius 1 is 1.29 bits per heavy atom. The lowest BCUT2D eigenvalue weighted by molar-refractivity contribution is -0.0658. The fraction of sp³-hybridized carbons (Fsp3) is 0.722. The van der Waals surface area contributed by atoms with Gasteiger partial charge in [0.05, 0.1) is 12.6 Å². The van der Waals surface area contributed by atoms with Crippen molar-refractivity contribution in [2.45, 2.75) is 56.9 Å². The van der Waals surface area contributed by atoms with Crippen LogP contribution in [0.3, 0.4) is 0 Å². The average molecular weight is 350 g/mol. The molecule has 1 N–H and O–H groups in total. The van der Waals surface area contributed by atoms with Crippen LogP contribution in [0.4, 0.5) is 4.79 Å². The lowest BCUT2D eigenvalue weighted by Crippen LogP contribution is -2.54. The van der Waals surface area contributed by atoms with Crippen molar-refractivity contribution in [2.24, 2.45) is 0 Å². The van der Waals surface area contributed by atoms with Crippen LogP contribution in [-0.4, -0.2) is 60.2 Å². The Morgan fingerprint density at radius 2 is 2.21 bits per heavy atom. The van der Waals surface area contributed by atoms with Crippen LogP contribution in [0.5, 0.6) is 0 Å². The summed E-state index contributed by atoms with van der Waals surface area (Å²) in [6, 6.07) is 3.05. The van der Waals surface area contributed by atoms with Crippen molar-refractivity contribution in [1.29, 1.82) is 0 Å². The molecule has 3 aliphatic heterocycles. The van der Waals surface area contributed by atoms with Crippen molar-refractivity contribution in [3.63, 3.8) is 0 Å². The molecular formula is C18H27N3O2S. The van der Waals surface area contributed by atoms with Gasteiger partial charge in [-0.05, 0) is 55.1 Å². The zero-order chi connectivity index (χ0) is 16.5. The highest BCUT2D eigenvalue weighted by atomic mass is 32.1. The van der Waals surface area contributed by atoms with Crippen LogP contribution in [0.1, 0.15) is 44.3 Å². The lowest BCUT2D eigenvalue weighted by atomic mass is 9.99. The Morgan fingerprint density at radius 3 is 3.04 bits per heavy atom. The highest BCUT2D eigenvalue weighted by molar-refractivity contribution is 7.07. The van der Waals surface area contributed by atoms with E-state index in [0.717, 1.165) is 13.0 Å². The van der Waals surface area contributed by atoms with Gasteiger partial charge in [0, 0.05) is 25.2 Å². The minimum absolute atomic E-state index is 0.000470. The molecule has 1 aromatic rings. The smallest absolute Gasteiger partial charge is 0.317 e. The maximum atomic E-state index is 12.8. The van der Waals surface area contributed by atoms with Gasteiger partial charge in [0.1, 0.15) is 6.10 Å². The summed E-state index contributed by atoms with van der Waals surface area (Å²) in [6.07, 6.45) is 4.99. The van der Waals surface area contributed by atoms with Crippen LogP contribution in [0.25, 0.3) is 0 Å². The normalized spacial score (nSPS) is 34.1. The molecule has 24 heavy (non-hydrogen) atoms. The van der Waals surface area contributed by atoms with E-state index >= 15 is 0 Å². The second-order valence-electron chi connectivity index (χ2n) is 7.34. The third-order valence-electron chi connectivity index (χ3n) is 5.63. The van der Waals surface area contributed by atoms with Crippen LogP contribution in [0.15, 0.2) is 16.8 Å². The summed E-state index contributed by atoms with van der Waals surface area (Å²) in [5.74, 6) is 0. The maximum absolute atomic E-state index is 12.8. The molecule has 4 heterocycles. The number of urea groups is 1. The number of ether oxygens (including phenoxy) is 1. The quantitative estimate of drug-likeness (QED) is 0.893. The third-order valence-corrected chi connectivity index (χ3v) is 6.33. The number of hydrogen-bond acceptors (Lipinski definition) is 4. The van der Waals surface area contributed by atoms with Crippen molar-refractivity contribution < 1.29 is 9.53 Å². The summed E-state index contributed by atoms with van der Waals surface area (Å²) in [6.45, 7) is 5.71. The molecule has 3 fully saturated rings. The molecule has 0 radical (unpaired) electrons. The van der Waals surface area contributed by atoms with E-state index in [0.29, 0.717) is 25.2 Å². The van der Waals surface area contributed by atoms with Gasteiger partial charge in [0.15, 0.2) is 0 Å². The van der Waals surface area contributed by atoms with Crippen molar-refractivity contribution >= 4 is 17.4 Å². The largest absolute Gasteiger partial charge is 0.367 e. The Balaban J connectivity index is 1.38. The van der Waals surface area contributed by atoms with Gasteiger partial charge in [0.25, 0.3) is 0 Å². The van der Waals surface area contributed by atoms with E-state index in [1.165, 1.54) is 31.4 Å². The first-order chi connectivity index (χ1) is 11.7. The summed E-state index contributed by atoms with van der Waals surface area (Å²) in [7, 11) is 0. The lowest BCUT2D eigenvalue weighted by Gasteiger charge is -2.38. The van der Waals surface area contributed by atoms with E-state index in [9.17, 15) is 4.79 Å². The number of carbonyl (C=O) groups excluding carboxylic acids is 1. The molecule has 0 bridgehead atoms. The van der Waals surface area contributed by atoms with Crippen molar-refractivity contribution in [3.8, 4) is 0 Å². The number of amides is 2. The van der Waals surface area contributed by atoms with Crippen molar-refractivity contribution in [3.05, 3.63) is 22.4 Å². The molecule has 0 unspecified atom stereocenters. The Bertz CT molecular complexity index is 565. The maximum Gasteiger partial charge on any atom is 0.317 e. The topological polar surface area (TPSA) is 44.8 Å². The van der Waals surface area contributed by atoms with Crippen LogP contribution in [-0.2, 0) is 4.74 Å². The minimum atomic E-state index is 0.000470. The van der Waals surface area contributed by atoms with Gasteiger partial charge < -0.3 is 15.0 Å². The van der Waals surface area contributed by atoms with Crippen molar-refractivity contribution in [1.82, 2.24) is 15.1 Å². The molecule has 0 spiro atoms. The van der Waals surface area contributed by atoms with Crippen LogP contribution < -0.4 is 5.32 Å². The Labute approximate surface area is 148 Å². The first-order valence-corrected chi connectivity index (χ1v) is 10.1. The number of fused-ring (bicyclic) bond motifs is 1. The van der Waals surface area contributed by atoms with E-state index in [2.05, 4.69) is 34.0 Å². The number of carbonyl (C=O) groups is 1. The van der Waals surface area contributed by atoms with Gasteiger partial charge in [-0.1, -0.05) is 6.42 Å². The zero-order valence-corrected chi connectivity index (χ0v) is 15.1. The first-order valence-electron chi connectivity index (χ1n) is 9.18. The van der Waals surface area contributed by atoms with E-state index in [-0.39, 0.29) is 18.2 Å².